The highest BCUT2D eigenvalue weighted by atomic mass is 16.4. The maximum atomic E-state index is 12.9. The number of rotatable bonds is 10. The van der Waals surface area contributed by atoms with Crippen LogP contribution < -0.4 is 4.90 Å². The summed E-state index contributed by atoms with van der Waals surface area (Å²) in [6.45, 7) is 3.84. The summed E-state index contributed by atoms with van der Waals surface area (Å²) in [5, 5.41) is 14.0. The largest absolute Gasteiger partial charge is 0.480 e. The number of fused-ring (bicyclic) bond motifs is 1. The Bertz CT molecular complexity index is 1070. The minimum absolute atomic E-state index is 0.0706. The van der Waals surface area contributed by atoms with Gasteiger partial charge in [-0.25, -0.2) is 9.97 Å². The van der Waals surface area contributed by atoms with E-state index in [0.717, 1.165) is 42.2 Å². The van der Waals surface area contributed by atoms with Gasteiger partial charge >= 0.3 is 5.97 Å². The molecule has 1 saturated carbocycles. The fraction of sp³-hybridized carbons (Fsp3) is 0.409. The van der Waals surface area contributed by atoms with Crippen LogP contribution in [0.2, 0.25) is 0 Å². The third-order valence-electron chi connectivity index (χ3n) is 5.21. The summed E-state index contributed by atoms with van der Waals surface area (Å²) in [5.41, 5.74) is 1.96. The van der Waals surface area contributed by atoms with Crippen molar-refractivity contribution in [3.05, 3.63) is 48.0 Å². The lowest BCUT2D eigenvalue weighted by Crippen LogP contribution is -2.27. The van der Waals surface area contributed by atoms with Crippen molar-refractivity contribution in [2.45, 2.75) is 39.2 Å². The summed E-state index contributed by atoms with van der Waals surface area (Å²) in [5.74, 6) is 0.530. The molecule has 30 heavy (non-hydrogen) atoms. The third-order valence-corrected chi connectivity index (χ3v) is 5.21. The van der Waals surface area contributed by atoms with E-state index in [1.165, 1.54) is 23.9 Å². The number of hydrogen-bond acceptors (Lipinski definition) is 6. The van der Waals surface area contributed by atoms with Crippen LogP contribution in [0, 0.1) is 5.92 Å². The SMILES string of the molecule is CCCN(CC1CC1)c1cc(C(=O)Cc2ccc3nn(CC(=O)O)cc3c2)ncn1. The molecule has 0 bridgehead atoms. The van der Waals surface area contributed by atoms with Gasteiger partial charge in [-0.3, -0.25) is 14.3 Å². The number of ketones is 1. The normalized spacial score (nSPS) is 13.5. The second-order valence-electron chi connectivity index (χ2n) is 7.86. The first-order valence-corrected chi connectivity index (χ1v) is 10.3. The number of aliphatic carboxylic acids is 1. The number of carboxylic acid groups (broad SMARTS) is 1. The van der Waals surface area contributed by atoms with Crippen molar-refractivity contribution in [3.63, 3.8) is 0 Å². The second-order valence-corrected chi connectivity index (χ2v) is 7.86. The fourth-order valence-electron chi connectivity index (χ4n) is 3.59. The Labute approximate surface area is 174 Å². The van der Waals surface area contributed by atoms with Crippen LogP contribution in [0.5, 0.6) is 0 Å². The van der Waals surface area contributed by atoms with E-state index >= 15 is 0 Å². The quantitative estimate of drug-likeness (QED) is 0.516. The van der Waals surface area contributed by atoms with E-state index in [1.54, 1.807) is 18.3 Å². The van der Waals surface area contributed by atoms with Crippen LogP contribution in [-0.4, -0.2) is 49.7 Å². The molecular formula is C22H25N5O3. The average molecular weight is 407 g/mol. The van der Waals surface area contributed by atoms with Gasteiger partial charge in [0.15, 0.2) is 5.78 Å². The van der Waals surface area contributed by atoms with Crippen molar-refractivity contribution in [2.24, 2.45) is 5.92 Å². The molecule has 2 aromatic heterocycles. The zero-order chi connectivity index (χ0) is 21.1. The topological polar surface area (TPSA) is 101 Å². The molecule has 1 fully saturated rings. The van der Waals surface area contributed by atoms with E-state index in [0.29, 0.717) is 11.2 Å². The lowest BCUT2D eigenvalue weighted by Gasteiger charge is -2.23. The number of carbonyl (C=O) groups is 2. The van der Waals surface area contributed by atoms with E-state index < -0.39 is 5.97 Å². The average Bonchev–Trinajstić information content (AvgIpc) is 3.45. The molecule has 0 atom stereocenters. The zero-order valence-corrected chi connectivity index (χ0v) is 17.0. The molecule has 0 saturated heterocycles. The molecule has 0 spiro atoms. The van der Waals surface area contributed by atoms with E-state index in [1.807, 2.05) is 12.1 Å². The van der Waals surface area contributed by atoms with Crippen molar-refractivity contribution in [1.82, 2.24) is 19.7 Å². The molecule has 4 rings (SSSR count). The van der Waals surface area contributed by atoms with Gasteiger partial charge in [0.25, 0.3) is 0 Å². The first-order chi connectivity index (χ1) is 14.5. The maximum Gasteiger partial charge on any atom is 0.325 e. The van der Waals surface area contributed by atoms with Crippen LogP contribution in [0.1, 0.15) is 42.2 Å². The molecule has 3 aromatic rings. The van der Waals surface area contributed by atoms with Crippen molar-refractivity contribution in [3.8, 4) is 0 Å². The van der Waals surface area contributed by atoms with Crippen LogP contribution in [0.3, 0.4) is 0 Å². The van der Waals surface area contributed by atoms with Crippen LogP contribution in [-0.2, 0) is 17.8 Å². The van der Waals surface area contributed by atoms with E-state index in [-0.39, 0.29) is 18.7 Å². The first-order valence-electron chi connectivity index (χ1n) is 10.3. The van der Waals surface area contributed by atoms with Gasteiger partial charge in [0, 0.05) is 37.2 Å². The van der Waals surface area contributed by atoms with Crippen LogP contribution in [0.15, 0.2) is 36.8 Å². The summed E-state index contributed by atoms with van der Waals surface area (Å²) in [7, 11) is 0. The fourth-order valence-corrected chi connectivity index (χ4v) is 3.59. The summed E-state index contributed by atoms with van der Waals surface area (Å²) in [6.07, 6.45) is 6.92. The van der Waals surface area contributed by atoms with Crippen LogP contribution in [0.4, 0.5) is 5.82 Å². The maximum absolute atomic E-state index is 12.9. The van der Waals surface area contributed by atoms with Crippen molar-refractivity contribution >= 4 is 28.5 Å². The lowest BCUT2D eigenvalue weighted by atomic mass is 10.1. The monoisotopic (exact) mass is 407 g/mol. The number of aromatic nitrogens is 4. The minimum atomic E-state index is -0.948. The minimum Gasteiger partial charge on any atom is -0.480 e. The summed E-state index contributed by atoms with van der Waals surface area (Å²) in [4.78, 5) is 34.6. The lowest BCUT2D eigenvalue weighted by molar-refractivity contribution is -0.137. The van der Waals surface area contributed by atoms with Crippen molar-refractivity contribution < 1.29 is 14.7 Å². The Hall–Kier alpha value is -3.29. The van der Waals surface area contributed by atoms with Crippen LogP contribution in [0.25, 0.3) is 10.9 Å². The first kappa shape index (κ1) is 20.0. The smallest absolute Gasteiger partial charge is 0.325 e. The number of anilines is 1. The van der Waals surface area contributed by atoms with Gasteiger partial charge in [0.1, 0.15) is 24.4 Å². The molecule has 0 unspecified atom stereocenters. The van der Waals surface area contributed by atoms with Gasteiger partial charge in [-0.2, -0.15) is 5.10 Å². The number of benzene rings is 1. The molecule has 156 valence electrons. The predicted molar refractivity (Wildman–Crippen MR) is 113 cm³/mol. The molecule has 1 aliphatic carbocycles. The Morgan fingerprint density at radius 3 is 2.80 bits per heavy atom. The molecule has 0 radical (unpaired) electrons. The standard InChI is InChI=1S/C22H25N5O3/c1-2-7-26(11-15-3-4-15)21-10-19(23-14-24-21)20(28)9-16-5-6-18-17(8-16)12-27(25-18)13-22(29)30/h5-6,8,10,12,14-15H,2-4,7,9,11,13H2,1H3,(H,29,30). The number of hydrogen-bond donors (Lipinski definition) is 1. The highest BCUT2D eigenvalue weighted by molar-refractivity contribution is 5.96. The summed E-state index contributed by atoms with van der Waals surface area (Å²) in [6, 6.07) is 7.32. The van der Waals surface area contributed by atoms with Gasteiger partial charge in [0.2, 0.25) is 0 Å². The molecule has 8 heteroatoms. The highest BCUT2D eigenvalue weighted by Gasteiger charge is 2.25. The van der Waals surface area contributed by atoms with Gasteiger partial charge < -0.3 is 10.0 Å². The zero-order valence-electron chi connectivity index (χ0n) is 17.0. The summed E-state index contributed by atoms with van der Waals surface area (Å²) >= 11 is 0. The molecule has 2 heterocycles. The number of carboxylic acids is 1. The molecule has 8 nitrogen and oxygen atoms in total. The molecule has 0 amide bonds. The number of Topliss-reactive ketones (excluding diaryl/α,β-unsaturated/α-hetero) is 1. The van der Waals surface area contributed by atoms with Crippen molar-refractivity contribution in [2.75, 3.05) is 18.0 Å². The van der Waals surface area contributed by atoms with E-state index in [4.69, 9.17) is 5.11 Å². The van der Waals surface area contributed by atoms with Gasteiger partial charge in [0.05, 0.1) is 5.52 Å². The molecular weight excluding hydrogens is 382 g/mol. The molecule has 1 N–H and O–H groups in total. The predicted octanol–water partition coefficient (Wildman–Crippen LogP) is 2.96. The van der Waals surface area contributed by atoms with E-state index in [9.17, 15) is 9.59 Å². The van der Waals surface area contributed by atoms with Crippen LogP contribution >= 0.6 is 0 Å². The molecule has 0 aliphatic heterocycles. The Kier molecular flexibility index (Phi) is 5.74. The number of carbonyl (C=O) groups excluding carboxylic acids is 1. The van der Waals surface area contributed by atoms with Gasteiger partial charge in [-0.1, -0.05) is 13.0 Å². The third kappa shape index (κ3) is 4.82. The Balaban J connectivity index is 1.49. The highest BCUT2D eigenvalue weighted by Crippen LogP contribution is 2.31. The second kappa shape index (κ2) is 8.61. The Morgan fingerprint density at radius 1 is 1.23 bits per heavy atom. The molecule has 1 aromatic carbocycles. The van der Waals surface area contributed by atoms with Gasteiger partial charge in [-0.05, 0) is 42.9 Å². The van der Waals surface area contributed by atoms with Gasteiger partial charge in [-0.15, -0.1) is 0 Å². The van der Waals surface area contributed by atoms with E-state index in [2.05, 4.69) is 26.9 Å². The summed E-state index contributed by atoms with van der Waals surface area (Å²) < 4.78 is 1.39. The van der Waals surface area contributed by atoms with Crippen molar-refractivity contribution in [1.29, 1.82) is 0 Å². The number of nitrogens with zero attached hydrogens (tertiary/aromatic N) is 5. The Morgan fingerprint density at radius 2 is 2.07 bits per heavy atom. The molecule has 1 aliphatic rings.